The van der Waals surface area contributed by atoms with Crippen LogP contribution in [-0.4, -0.2) is 71.5 Å². The molecular weight excluding hydrogens is 470 g/mol. The molecule has 1 aliphatic rings. The van der Waals surface area contributed by atoms with E-state index in [4.69, 9.17) is 29.3 Å². The predicted octanol–water partition coefficient (Wildman–Crippen LogP) is 3.74. The lowest BCUT2D eigenvalue weighted by atomic mass is 10.2. The number of hydrogen-bond acceptors (Lipinski definition) is 9. The van der Waals surface area contributed by atoms with Gasteiger partial charge in [0, 0.05) is 43.7 Å². The van der Waals surface area contributed by atoms with E-state index in [0.717, 1.165) is 59.1 Å². The Hall–Kier alpha value is -3.63. The molecule has 4 aromatic rings. The number of hydrogen-bond donors (Lipinski definition) is 2. The van der Waals surface area contributed by atoms with Crippen LogP contribution in [0.4, 0.5) is 5.95 Å². The van der Waals surface area contributed by atoms with Gasteiger partial charge in [-0.05, 0) is 36.8 Å². The molecule has 0 aliphatic carbocycles. The van der Waals surface area contributed by atoms with Gasteiger partial charge in [-0.25, -0.2) is 9.97 Å². The highest BCUT2D eigenvalue weighted by molar-refractivity contribution is 5.95. The fraction of sp³-hybridized carbons (Fsp3) is 0.444. The third kappa shape index (κ3) is 5.70. The summed E-state index contributed by atoms with van der Waals surface area (Å²) in [7, 11) is 4.93. The molecule has 0 saturated carbocycles. The van der Waals surface area contributed by atoms with Crippen LogP contribution in [0.1, 0.15) is 32.2 Å². The molecule has 37 heavy (non-hydrogen) atoms. The molecule has 2 aromatic carbocycles. The maximum Gasteiger partial charge on any atom is 0.226 e. The Bertz CT molecular complexity index is 1320. The van der Waals surface area contributed by atoms with Crippen molar-refractivity contribution in [1.29, 1.82) is 0 Å². The Labute approximate surface area is 217 Å². The van der Waals surface area contributed by atoms with Gasteiger partial charge in [0.15, 0.2) is 11.5 Å². The van der Waals surface area contributed by atoms with E-state index in [-0.39, 0.29) is 0 Å². The molecule has 5 rings (SSSR count). The fourth-order valence-electron chi connectivity index (χ4n) is 4.44. The molecule has 0 bridgehead atoms. The minimum Gasteiger partial charge on any atom is -0.497 e. The fourth-order valence-corrected chi connectivity index (χ4v) is 4.44. The van der Waals surface area contributed by atoms with Crippen LogP contribution in [-0.2, 0) is 13.1 Å². The van der Waals surface area contributed by atoms with Crippen molar-refractivity contribution in [3.05, 3.63) is 47.8 Å². The molecule has 2 aromatic heterocycles. The first kappa shape index (κ1) is 26.4. The number of benzene rings is 2. The average molecular weight is 508 g/mol. The first-order chi connectivity index (χ1) is 18.1. The van der Waals surface area contributed by atoms with Crippen molar-refractivity contribution in [2.45, 2.75) is 39.9 Å². The molecule has 10 heteroatoms. The summed E-state index contributed by atoms with van der Waals surface area (Å²) < 4.78 is 18.2. The van der Waals surface area contributed by atoms with Gasteiger partial charge in [0.05, 0.1) is 27.9 Å². The van der Waals surface area contributed by atoms with Crippen LogP contribution in [0.5, 0.6) is 17.2 Å². The van der Waals surface area contributed by atoms with Gasteiger partial charge in [-0.2, -0.15) is 4.52 Å². The summed E-state index contributed by atoms with van der Waals surface area (Å²) in [6.45, 7) is 10.3. The van der Waals surface area contributed by atoms with Crippen LogP contribution in [0.3, 0.4) is 0 Å². The highest BCUT2D eigenvalue weighted by Crippen LogP contribution is 2.29. The Kier molecular flexibility index (Phi) is 8.62. The van der Waals surface area contributed by atoms with Crippen molar-refractivity contribution in [2.75, 3.05) is 46.3 Å². The zero-order chi connectivity index (χ0) is 26.4. The molecule has 10 nitrogen and oxygen atoms in total. The summed E-state index contributed by atoms with van der Waals surface area (Å²) in [5.74, 6) is 3.50. The van der Waals surface area contributed by atoms with Gasteiger partial charge in [-0.15, -0.1) is 5.10 Å². The molecule has 0 amide bonds. The number of anilines is 1. The quantitative estimate of drug-likeness (QED) is 0.370. The molecule has 3 heterocycles. The van der Waals surface area contributed by atoms with Crippen LogP contribution < -0.4 is 24.8 Å². The van der Waals surface area contributed by atoms with E-state index >= 15 is 0 Å². The van der Waals surface area contributed by atoms with Crippen LogP contribution >= 0.6 is 0 Å². The second kappa shape index (κ2) is 12.1. The van der Waals surface area contributed by atoms with E-state index in [0.29, 0.717) is 30.8 Å². The number of nitrogens with one attached hydrogen (secondary N) is 2. The topological polar surface area (TPSA) is 98.1 Å². The second-order valence-electron chi connectivity index (χ2n) is 8.65. The second-order valence-corrected chi connectivity index (χ2v) is 8.65. The van der Waals surface area contributed by atoms with Gasteiger partial charge < -0.3 is 24.8 Å². The molecular formula is C27H37N7O3. The zero-order valence-corrected chi connectivity index (χ0v) is 22.5. The van der Waals surface area contributed by atoms with E-state index in [9.17, 15) is 0 Å². The summed E-state index contributed by atoms with van der Waals surface area (Å²) in [6, 6.07) is 12.1. The van der Waals surface area contributed by atoms with E-state index in [1.54, 1.807) is 25.8 Å². The van der Waals surface area contributed by atoms with Gasteiger partial charge in [0.1, 0.15) is 22.8 Å². The van der Waals surface area contributed by atoms with Crippen molar-refractivity contribution >= 4 is 22.5 Å². The monoisotopic (exact) mass is 507 g/mol. The molecule has 1 atom stereocenters. The number of fused-ring (bicyclic) bond motifs is 3. The number of ether oxygens (including phenoxy) is 3. The third-order valence-corrected chi connectivity index (χ3v) is 6.37. The molecule has 1 saturated heterocycles. The van der Waals surface area contributed by atoms with Gasteiger partial charge in [0.2, 0.25) is 5.95 Å². The van der Waals surface area contributed by atoms with Crippen molar-refractivity contribution in [2.24, 2.45) is 0 Å². The summed E-state index contributed by atoms with van der Waals surface area (Å²) in [4.78, 5) is 12.2. The molecule has 1 aliphatic heterocycles. The van der Waals surface area contributed by atoms with Gasteiger partial charge in [-0.3, -0.25) is 4.90 Å². The lowest BCUT2D eigenvalue weighted by molar-refractivity contribution is 0.162. The molecule has 1 fully saturated rings. The lowest BCUT2D eigenvalue weighted by Crippen LogP contribution is -2.49. The molecule has 0 unspecified atom stereocenters. The van der Waals surface area contributed by atoms with E-state index in [2.05, 4.69) is 22.5 Å². The first-order valence-electron chi connectivity index (χ1n) is 12.7. The summed E-state index contributed by atoms with van der Waals surface area (Å²) in [5, 5.41) is 12.6. The zero-order valence-electron chi connectivity index (χ0n) is 22.5. The molecule has 2 N–H and O–H groups in total. The first-order valence-corrected chi connectivity index (χ1v) is 12.7. The summed E-state index contributed by atoms with van der Waals surface area (Å²) >= 11 is 0. The molecule has 0 radical (unpaired) electrons. The Morgan fingerprint density at radius 2 is 1.78 bits per heavy atom. The highest BCUT2D eigenvalue weighted by Gasteiger charge is 2.21. The number of methoxy groups -OCH3 is 3. The molecule has 0 spiro atoms. The number of rotatable bonds is 8. The van der Waals surface area contributed by atoms with E-state index in [1.807, 2.05) is 50.2 Å². The highest BCUT2D eigenvalue weighted by atomic mass is 16.5. The van der Waals surface area contributed by atoms with Gasteiger partial charge in [-0.1, -0.05) is 19.9 Å². The van der Waals surface area contributed by atoms with Crippen molar-refractivity contribution < 1.29 is 14.2 Å². The van der Waals surface area contributed by atoms with Crippen molar-refractivity contribution in [3.8, 4) is 17.2 Å². The van der Waals surface area contributed by atoms with Crippen LogP contribution in [0.15, 0.2) is 36.4 Å². The predicted molar refractivity (Wildman–Crippen MR) is 146 cm³/mol. The van der Waals surface area contributed by atoms with E-state index in [1.165, 1.54) is 0 Å². The van der Waals surface area contributed by atoms with Crippen LogP contribution in [0.2, 0.25) is 0 Å². The Morgan fingerprint density at radius 3 is 2.46 bits per heavy atom. The van der Waals surface area contributed by atoms with Gasteiger partial charge >= 0.3 is 0 Å². The number of para-hydroxylation sites is 1. The minimum absolute atomic E-state index is 0.422. The Balaban J connectivity index is 0.00000156. The summed E-state index contributed by atoms with van der Waals surface area (Å²) in [6.07, 6.45) is 0. The average Bonchev–Trinajstić information content (AvgIpc) is 3.37. The number of nitrogens with zero attached hydrogens (tertiary/aromatic N) is 5. The van der Waals surface area contributed by atoms with Crippen LogP contribution in [0.25, 0.3) is 16.6 Å². The maximum atomic E-state index is 5.60. The third-order valence-electron chi connectivity index (χ3n) is 6.37. The largest absolute Gasteiger partial charge is 0.497 e. The molecule has 198 valence electrons. The smallest absolute Gasteiger partial charge is 0.226 e. The lowest BCUT2D eigenvalue weighted by Gasteiger charge is -2.32. The van der Waals surface area contributed by atoms with Crippen LogP contribution in [0, 0.1) is 0 Å². The van der Waals surface area contributed by atoms with Crippen molar-refractivity contribution in [1.82, 2.24) is 29.8 Å². The summed E-state index contributed by atoms with van der Waals surface area (Å²) in [5.41, 5.74) is 2.48. The normalized spacial score (nSPS) is 15.8. The SMILES string of the molecule is CC.COc1cc(CNc2nc3c(OC)cccc3c3nc(CN4CCNC[C@H]4C)nn23)cc(OC)c1. The number of piperazine rings is 1. The van der Waals surface area contributed by atoms with Crippen molar-refractivity contribution in [3.63, 3.8) is 0 Å². The van der Waals surface area contributed by atoms with E-state index < -0.39 is 0 Å². The standard InChI is InChI=1S/C25H31N7O3.C2H6/c1-16-13-26-8-9-31(16)15-22-28-24-20-6-5-7-21(35-4)23(20)29-25(32(24)30-22)27-14-17-10-18(33-2)12-19(11-17)34-3;1-2/h5-7,10-12,16,26H,8-9,13-15H2,1-4H3,(H,27,29);1-2H3/t16-;/m1./s1. The maximum absolute atomic E-state index is 5.60. The number of aromatic nitrogens is 4. The van der Waals surface area contributed by atoms with Gasteiger partial charge in [0.25, 0.3) is 0 Å². The Morgan fingerprint density at radius 1 is 1.03 bits per heavy atom. The minimum atomic E-state index is 0.422.